The highest BCUT2D eigenvalue weighted by atomic mass is 16.5. The summed E-state index contributed by atoms with van der Waals surface area (Å²) in [5.41, 5.74) is 0. The van der Waals surface area contributed by atoms with Crippen LogP contribution in [0.5, 0.6) is 0 Å². The molecule has 1 aliphatic heterocycles. The first kappa shape index (κ1) is 15.9. The van der Waals surface area contributed by atoms with Crippen molar-refractivity contribution in [1.29, 1.82) is 0 Å². The molecule has 108 valence electrons. The number of likely N-dealkylation sites (tertiary alicyclic amines) is 1. The van der Waals surface area contributed by atoms with E-state index in [9.17, 15) is 0 Å². The monoisotopic (exact) mass is 257 g/mol. The van der Waals surface area contributed by atoms with Crippen molar-refractivity contribution in [1.82, 2.24) is 4.90 Å². The van der Waals surface area contributed by atoms with Gasteiger partial charge in [0.05, 0.1) is 19.8 Å². The zero-order valence-electron chi connectivity index (χ0n) is 12.2. The fourth-order valence-corrected chi connectivity index (χ4v) is 2.33. The molecule has 0 atom stereocenters. The van der Waals surface area contributed by atoms with Gasteiger partial charge in [-0.25, -0.2) is 0 Å². The topological polar surface area (TPSA) is 21.7 Å². The second-order valence-corrected chi connectivity index (χ2v) is 5.19. The van der Waals surface area contributed by atoms with Crippen LogP contribution in [0.4, 0.5) is 0 Å². The Balaban J connectivity index is 1.73. The van der Waals surface area contributed by atoms with Gasteiger partial charge in [0.15, 0.2) is 0 Å². The van der Waals surface area contributed by atoms with Gasteiger partial charge in [0.2, 0.25) is 0 Å². The van der Waals surface area contributed by atoms with Crippen LogP contribution in [-0.4, -0.2) is 51.0 Å². The maximum atomic E-state index is 5.60. The van der Waals surface area contributed by atoms with Crippen LogP contribution >= 0.6 is 0 Å². The molecule has 3 nitrogen and oxygen atoms in total. The third-order valence-electron chi connectivity index (χ3n) is 3.51. The van der Waals surface area contributed by atoms with Crippen LogP contribution < -0.4 is 0 Å². The minimum Gasteiger partial charge on any atom is -0.379 e. The zero-order chi connectivity index (χ0) is 12.9. The lowest BCUT2D eigenvalue weighted by Gasteiger charge is -2.26. The van der Waals surface area contributed by atoms with E-state index >= 15 is 0 Å². The molecule has 0 bridgehead atoms. The van der Waals surface area contributed by atoms with Gasteiger partial charge in [-0.3, -0.25) is 0 Å². The van der Waals surface area contributed by atoms with Crippen molar-refractivity contribution in [2.45, 2.75) is 51.9 Å². The highest BCUT2D eigenvalue weighted by molar-refractivity contribution is 4.63. The summed E-state index contributed by atoms with van der Waals surface area (Å²) in [4.78, 5) is 2.51. The van der Waals surface area contributed by atoms with Gasteiger partial charge in [-0.15, -0.1) is 0 Å². The van der Waals surface area contributed by atoms with Crippen molar-refractivity contribution in [3.63, 3.8) is 0 Å². The third kappa shape index (κ3) is 8.90. The van der Waals surface area contributed by atoms with E-state index in [4.69, 9.17) is 9.47 Å². The average molecular weight is 257 g/mol. The lowest BCUT2D eigenvalue weighted by Crippen LogP contribution is -2.32. The van der Waals surface area contributed by atoms with E-state index in [1.165, 1.54) is 58.0 Å². The summed E-state index contributed by atoms with van der Waals surface area (Å²) in [7, 11) is 0. The van der Waals surface area contributed by atoms with Crippen LogP contribution in [0.3, 0.4) is 0 Å². The van der Waals surface area contributed by atoms with Gasteiger partial charge in [-0.05, 0) is 32.4 Å². The number of rotatable bonds is 11. The molecule has 0 unspecified atom stereocenters. The fourth-order valence-electron chi connectivity index (χ4n) is 2.33. The standard InChI is InChI=1S/C15H31NO2/c1-2-3-4-8-12-17-14-15-18-13-11-16-9-6-5-7-10-16/h2-15H2,1H3. The molecule has 0 radical (unpaired) electrons. The Labute approximate surface area is 113 Å². The van der Waals surface area contributed by atoms with E-state index in [-0.39, 0.29) is 0 Å². The lowest BCUT2D eigenvalue weighted by atomic mass is 10.1. The maximum Gasteiger partial charge on any atom is 0.0701 e. The Hall–Kier alpha value is -0.120. The summed E-state index contributed by atoms with van der Waals surface area (Å²) in [5, 5.41) is 0. The van der Waals surface area contributed by atoms with Gasteiger partial charge in [0, 0.05) is 13.2 Å². The molecule has 0 aromatic carbocycles. The van der Waals surface area contributed by atoms with Crippen LogP contribution in [0.2, 0.25) is 0 Å². The molecule has 3 heteroatoms. The van der Waals surface area contributed by atoms with Crippen LogP contribution in [0.25, 0.3) is 0 Å². The van der Waals surface area contributed by atoms with Crippen molar-refractivity contribution in [2.24, 2.45) is 0 Å². The Morgan fingerprint density at radius 2 is 1.50 bits per heavy atom. The van der Waals surface area contributed by atoms with Crippen LogP contribution in [0, 0.1) is 0 Å². The third-order valence-corrected chi connectivity index (χ3v) is 3.51. The maximum absolute atomic E-state index is 5.60. The molecule has 0 amide bonds. The number of ether oxygens (including phenoxy) is 2. The quantitative estimate of drug-likeness (QED) is 0.531. The van der Waals surface area contributed by atoms with Gasteiger partial charge in [0.25, 0.3) is 0 Å². The Bertz CT molecular complexity index is 170. The van der Waals surface area contributed by atoms with E-state index in [0.717, 1.165) is 33.0 Å². The molecule has 0 aromatic rings. The molecule has 0 aromatic heterocycles. The molecule has 1 rings (SSSR count). The van der Waals surface area contributed by atoms with E-state index in [1.807, 2.05) is 0 Å². The zero-order valence-corrected chi connectivity index (χ0v) is 12.2. The van der Waals surface area contributed by atoms with Gasteiger partial charge in [-0.1, -0.05) is 32.6 Å². The van der Waals surface area contributed by atoms with Gasteiger partial charge in [0.1, 0.15) is 0 Å². The van der Waals surface area contributed by atoms with Crippen LogP contribution in [-0.2, 0) is 9.47 Å². The second-order valence-electron chi connectivity index (χ2n) is 5.19. The Morgan fingerprint density at radius 1 is 0.778 bits per heavy atom. The molecular weight excluding hydrogens is 226 g/mol. The molecule has 1 heterocycles. The van der Waals surface area contributed by atoms with Crippen LogP contribution in [0.1, 0.15) is 51.9 Å². The summed E-state index contributed by atoms with van der Waals surface area (Å²) in [6.07, 6.45) is 9.24. The van der Waals surface area contributed by atoms with E-state index < -0.39 is 0 Å². The summed E-state index contributed by atoms with van der Waals surface area (Å²) in [6, 6.07) is 0. The molecular formula is C15H31NO2. The van der Waals surface area contributed by atoms with Crippen molar-refractivity contribution in [3.8, 4) is 0 Å². The highest BCUT2D eigenvalue weighted by Crippen LogP contribution is 2.07. The number of nitrogens with zero attached hydrogens (tertiary/aromatic N) is 1. The summed E-state index contributed by atoms with van der Waals surface area (Å²) < 4.78 is 11.1. The van der Waals surface area contributed by atoms with Crippen molar-refractivity contribution >= 4 is 0 Å². The Kier molecular flexibility index (Phi) is 10.6. The number of unbranched alkanes of at least 4 members (excludes halogenated alkanes) is 3. The fraction of sp³-hybridized carbons (Fsp3) is 1.00. The van der Waals surface area contributed by atoms with Gasteiger partial charge >= 0.3 is 0 Å². The van der Waals surface area contributed by atoms with Crippen molar-refractivity contribution in [2.75, 3.05) is 46.1 Å². The molecule has 0 saturated carbocycles. The number of piperidine rings is 1. The minimum absolute atomic E-state index is 0.752. The lowest BCUT2D eigenvalue weighted by molar-refractivity contribution is 0.0355. The van der Waals surface area contributed by atoms with Crippen molar-refractivity contribution < 1.29 is 9.47 Å². The number of hydrogen-bond acceptors (Lipinski definition) is 3. The molecule has 1 saturated heterocycles. The predicted molar refractivity (Wildman–Crippen MR) is 76.1 cm³/mol. The molecule has 0 spiro atoms. The molecule has 1 aliphatic rings. The smallest absolute Gasteiger partial charge is 0.0701 e. The van der Waals surface area contributed by atoms with E-state index in [1.54, 1.807) is 0 Å². The first-order valence-electron chi connectivity index (χ1n) is 7.81. The van der Waals surface area contributed by atoms with E-state index in [0.29, 0.717) is 0 Å². The van der Waals surface area contributed by atoms with Gasteiger partial charge < -0.3 is 14.4 Å². The van der Waals surface area contributed by atoms with E-state index in [2.05, 4.69) is 11.8 Å². The Morgan fingerprint density at radius 3 is 2.22 bits per heavy atom. The molecule has 1 fully saturated rings. The molecule has 18 heavy (non-hydrogen) atoms. The molecule has 0 N–H and O–H groups in total. The number of hydrogen-bond donors (Lipinski definition) is 0. The second kappa shape index (κ2) is 11.9. The highest BCUT2D eigenvalue weighted by Gasteiger charge is 2.08. The average Bonchev–Trinajstić information content (AvgIpc) is 2.42. The summed E-state index contributed by atoms with van der Waals surface area (Å²) in [5.74, 6) is 0. The predicted octanol–water partition coefficient (Wildman–Crippen LogP) is 3.09. The minimum atomic E-state index is 0.752. The summed E-state index contributed by atoms with van der Waals surface area (Å²) >= 11 is 0. The normalized spacial score (nSPS) is 17.2. The first-order valence-corrected chi connectivity index (χ1v) is 7.81. The molecule has 0 aliphatic carbocycles. The summed E-state index contributed by atoms with van der Waals surface area (Å²) in [6.45, 7) is 9.12. The first-order chi connectivity index (χ1) is 8.93. The SMILES string of the molecule is CCCCCCOCCOCCN1CCCCC1. The van der Waals surface area contributed by atoms with Gasteiger partial charge in [-0.2, -0.15) is 0 Å². The van der Waals surface area contributed by atoms with Crippen molar-refractivity contribution in [3.05, 3.63) is 0 Å². The van der Waals surface area contributed by atoms with Crippen LogP contribution in [0.15, 0.2) is 0 Å². The largest absolute Gasteiger partial charge is 0.379 e.